The van der Waals surface area contributed by atoms with Gasteiger partial charge in [0.1, 0.15) is 0 Å². The predicted molar refractivity (Wildman–Crippen MR) is 79.3 cm³/mol. The maximum absolute atomic E-state index is 11.7. The molecule has 2 N–H and O–H groups in total. The third kappa shape index (κ3) is 1.89. The molecule has 1 aromatic carbocycles. The van der Waals surface area contributed by atoms with Crippen molar-refractivity contribution in [3.05, 3.63) is 43.5 Å². The Morgan fingerprint density at radius 1 is 1.20 bits per heavy atom. The monoisotopic (exact) mass is 273 g/mol. The second-order valence-electron chi connectivity index (χ2n) is 5.70. The summed E-state index contributed by atoms with van der Waals surface area (Å²) in [5.41, 5.74) is 3.79. The Labute approximate surface area is 116 Å². The third-order valence-corrected chi connectivity index (χ3v) is 4.44. The molecule has 1 aliphatic rings. The standard InChI is InChI=1S/C15H19N3O2/c1-8-7-10-13(17-15(20)14(19)16-10)12(9(8)2)11-5-4-6-18(11)3/h7,11H,4-6H2,1-3H3,(H,16,19)(H,17,20). The molecule has 1 unspecified atom stereocenters. The first-order chi connectivity index (χ1) is 9.49. The molecule has 1 atom stereocenters. The SMILES string of the molecule is Cc1cc2[nH]c(=O)c(=O)[nH]c2c(C2CCCN2C)c1C. The van der Waals surface area contributed by atoms with E-state index in [0.29, 0.717) is 11.6 Å². The number of H-pyrrole nitrogens is 2. The highest BCUT2D eigenvalue weighted by Crippen LogP contribution is 2.36. The highest BCUT2D eigenvalue weighted by Gasteiger charge is 2.27. The summed E-state index contributed by atoms with van der Waals surface area (Å²) in [5, 5.41) is 0. The molecule has 2 heterocycles. The van der Waals surface area contributed by atoms with E-state index in [0.717, 1.165) is 36.0 Å². The fourth-order valence-electron chi connectivity index (χ4n) is 3.22. The number of rotatable bonds is 1. The lowest BCUT2D eigenvalue weighted by Crippen LogP contribution is -2.30. The summed E-state index contributed by atoms with van der Waals surface area (Å²) in [7, 11) is 2.11. The van der Waals surface area contributed by atoms with E-state index in [1.807, 2.05) is 13.0 Å². The highest BCUT2D eigenvalue weighted by atomic mass is 16.2. The predicted octanol–water partition coefficient (Wildman–Crippen LogP) is 1.60. The number of fused-ring (bicyclic) bond motifs is 1. The summed E-state index contributed by atoms with van der Waals surface area (Å²) in [5.74, 6) is 0. The molecule has 5 heteroatoms. The van der Waals surface area contributed by atoms with Gasteiger partial charge in [0.2, 0.25) is 0 Å². The van der Waals surface area contributed by atoms with Crippen molar-refractivity contribution in [2.75, 3.05) is 13.6 Å². The third-order valence-electron chi connectivity index (χ3n) is 4.44. The smallest absolute Gasteiger partial charge is 0.314 e. The molecular formula is C15H19N3O2. The first kappa shape index (κ1) is 13.1. The van der Waals surface area contributed by atoms with Gasteiger partial charge >= 0.3 is 11.1 Å². The van der Waals surface area contributed by atoms with Crippen molar-refractivity contribution in [3.63, 3.8) is 0 Å². The molecule has 1 aliphatic heterocycles. The zero-order valence-corrected chi connectivity index (χ0v) is 12.0. The summed E-state index contributed by atoms with van der Waals surface area (Å²) in [6, 6.07) is 2.24. The lowest BCUT2D eigenvalue weighted by atomic mass is 9.94. The lowest BCUT2D eigenvalue weighted by Gasteiger charge is -2.24. The van der Waals surface area contributed by atoms with Crippen LogP contribution in [-0.2, 0) is 0 Å². The summed E-state index contributed by atoms with van der Waals surface area (Å²) in [4.78, 5) is 30.9. The number of nitrogens with one attached hydrogen (secondary N) is 2. The second-order valence-corrected chi connectivity index (χ2v) is 5.70. The van der Waals surface area contributed by atoms with E-state index in [1.54, 1.807) is 0 Å². The molecule has 0 amide bonds. The molecule has 1 saturated heterocycles. The van der Waals surface area contributed by atoms with E-state index in [-0.39, 0.29) is 0 Å². The number of aryl methyl sites for hydroxylation is 1. The van der Waals surface area contributed by atoms with Crippen LogP contribution >= 0.6 is 0 Å². The normalized spacial score (nSPS) is 19.9. The van der Waals surface area contributed by atoms with Crippen molar-refractivity contribution in [3.8, 4) is 0 Å². The molecule has 1 fully saturated rings. The Morgan fingerprint density at radius 3 is 2.55 bits per heavy atom. The van der Waals surface area contributed by atoms with Crippen LogP contribution in [0.4, 0.5) is 0 Å². The Bertz CT molecular complexity index is 788. The van der Waals surface area contributed by atoms with Gasteiger partial charge in [-0.05, 0) is 63.0 Å². The van der Waals surface area contributed by atoms with E-state index >= 15 is 0 Å². The van der Waals surface area contributed by atoms with Gasteiger partial charge < -0.3 is 9.97 Å². The van der Waals surface area contributed by atoms with Crippen molar-refractivity contribution < 1.29 is 0 Å². The van der Waals surface area contributed by atoms with Crippen LogP contribution in [0.2, 0.25) is 0 Å². The molecule has 1 aromatic heterocycles. The summed E-state index contributed by atoms with van der Waals surface area (Å²) < 4.78 is 0. The zero-order valence-electron chi connectivity index (χ0n) is 12.0. The van der Waals surface area contributed by atoms with Crippen LogP contribution in [0.15, 0.2) is 15.7 Å². The molecule has 106 valence electrons. The number of hydrogen-bond donors (Lipinski definition) is 2. The molecule has 5 nitrogen and oxygen atoms in total. The van der Waals surface area contributed by atoms with Crippen LogP contribution in [0, 0.1) is 13.8 Å². The highest BCUT2D eigenvalue weighted by molar-refractivity contribution is 5.80. The molecule has 0 saturated carbocycles. The fraction of sp³-hybridized carbons (Fsp3) is 0.467. The van der Waals surface area contributed by atoms with Crippen molar-refractivity contribution in [2.24, 2.45) is 0 Å². The first-order valence-electron chi connectivity index (χ1n) is 6.95. The number of aromatic amines is 2. The molecule has 3 rings (SSSR count). The summed E-state index contributed by atoms with van der Waals surface area (Å²) in [6.45, 7) is 5.18. The van der Waals surface area contributed by atoms with E-state index < -0.39 is 11.1 Å². The van der Waals surface area contributed by atoms with E-state index in [9.17, 15) is 9.59 Å². The summed E-state index contributed by atoms with van der Waals surface area (Å²) in [6.07, 6.45) is 2.24. The lowest BCUT2D eigenvalue weighted by molar-refractivity contribution is 0.318. The molecule has 20 heavy (non-hydrogen) atoms. The van der Waals surface area contributed by atoms with Crippen LogP contribution in [0.3, 0.4) is 0 Å². The van der Waals surface area contributed by atoms with E-state index in [1.165, 1.54) is 5.56 Å². The average molecular weight is 273 g/mol. The van der Waals surface area contributed by atoms with Crippen LogP contribution in [0.1, 0.15) is 35.6 Å². The van der Waals surface area contributed by atoms with E-state index in [2.05, 4.69) is 28.8 Å². The first-order valence-corrected chi connectivity index (χ1v) is 6.95. The van der Waals surface area contributed by atoms with Gasteiger partial charge in [-0.25, -0.2) is 0 Å². The van der Waals surface area contributed by atoms with Crippen molar-refractivity contribution in [1.29, 1.82) is 0 Å². The Kier molecular flexibility index (Phi) is 3.01. The Morgan fingerprint density at radius 2 is 1.90 bits per heavy atom. The fourth-order valence-corrected chi connectivity index (χ4v) is 3.22. The van der Waals surface area contributed by atoms with Gasteiger partial charge in [-0.15, -0.1) is 0 Å². The van der Waals surface area contributed by atoms with Crippen molar-refractivity contribution in [2.45, 2.75) is 32.7 Å². The molecular weight excluding hydrogens is 254 g/mol. The number of benzene rings is 1. The number of likely N-dealkylation sites (tertiary alicyclic amines) is 1. The second kappa shape index (κ2) is 4.59. The number of nitrogens with zero attached hydrogens (tertiary/aromatic N) is 1. The molecule has 0 bridgehead atoms. The topological polar surface area (TPSA) is 69.0 Å². The molecule has 0 aliphatic carbocycles. The molecule has 0 spiro atoms. The van der Waals surface area contributed by atoms with Crippen LogP contribution in [0.25, 0.3) is 11.0 Å². The van der Waals surface area contributed by atoms with Crippen molar-refractivity contribution in [1.82, 2.24) is 14.9 Å². The van der Waals surface area contributed by atoms with Gasteiger partial charge in [-0.1, -0.05) is 0 Å². The number of hydrogen-bond acceptors (Lipinski definition) is 3. The van der Waals surface area contributed by atoms with E-state index in [4.69, 9.17) is 0 Å². The average Bonchev–Trinajstić information content (AvgIpc) is 2.80. The maximum atomic E-state index is 11.7. The van der Waals surface area contributed by atoms with Crippen LogP contribution in [-0.4, -0.2) is 28.5 Å². The quantitative estimate of drug-likeness (QED) is 0.775. The minimum Gasteiger partial charge on any atom is -0.316 e. The van der Waals surface area contributed by atoms with Gasteiger partial charge in [-0.2, -0.15) is 0 Å². The van der Waals surface area contributed by atoms with Gasteiger partial charge in [0.25, 0.3) is 0 Å². The van der Waals surface area contributed by atoms with Crippen molar-refractivity contribution >= 4 is 11.0 Å². The Balaban J connectivity index is 2.38. The minimum absolute atomic E-state index is 0.305. The van der Waals surface area contributed by atoms with Gasteiger partial charge in [0.05, 0.1) is 11.0 Å². The van der Waals surface area contributed by atoms with Crippen LogP contribution < -0.4 is 11.1 Å². The molecule has 2 aromatic rings. The zero-order chi connectivity index (χ0) is 14.4. The Hall–Kier alpha value is -1.88. The maximum Gasteiger partial charge on any atom is 0.314 e. The summed E-state index contributed by atoms with van der Waals surface area (Å²) >= 11 is 0. The van der Waals surface area contributed by atoms with Gasteiger partial charge in [0, 0.05) is 6.04 Å². The van der Waals surface area contributed by atoms with Crippen LogP contribution in [0.5, 0.6) is 0 Å². The molecule has 0 radical (unpaired) electrons. The van der Waals surface area contributed by atoms with Gasteiger partial charge in [0.15, 0.2) is 0 Å². The number of aromatic nitrogens is 2. The van der Waals surface area contributed by atoms with Gasteiger partial charge in [-0.3, -0.25) is 14.5 Å². The largest absolute Gasteiger partial charge is 0.316 e. The minimum atomic E-state index is -0.591.